The molecule has 8 nitrogen and oxygen atoms in total. The second kappa shape index (κ2) is 10.1. The van der Waals surface area contributed by atoms with Crippen LogP contribution in [0.1, 0.15) is 33.6 Å². The van der Waals surface area contributed by atoms with Crippen LogP contribution < -0.4 is 25.3 Å². The first-order valence-electron chi connectivity index (χ1n) is 8.70. The summed E-state index contributed by atoms with van der Waals surface area (Å²) < 4.78 is 21.0. The number of esters is 2. The lowest BCUT2D eigenvalue weighted by Crippen LogP contribution is -2.41. The molecule has 27 heavy (non-hydrogen) atoms. The number of carbonyl (C=O) groups excluding carboxylic acids is 2. The maximum absolute atomic E-state index is 12.4. The van der Waals surface area contributed by atoms with Crippen LogP contribution in [-0.4, -0.2) is 50.9 Å². The number of benzene rings is 1. The molecule has 1 aromatic rings. The number of nitrogens with one attached hydrogen (secondary N) is 1. The normalized spacial score (nSPS) is 13.4. The molecule has 3 N–H and O–H groups in total. The Bertz CT molecular complexity index is 642. The Kier molecular flexibility index (Phi) is 8.52. The minimum absolute atomic E-state index is 0.279. The molecular formula is C19H30N2O6. The van der Waals surface area contributed by atoms with E-state index in [4.69, 9.17) is 24.7 Å². The predicted octanol–water partition coefficient (Wildman–Crippen LogP) is 1.65. The lowest BCUT2D eigenvalue weighted by atomic mass is 10.1. The van der Waals surface area contributed by atoms with E-state index in [1.54, 1.807) is 46.0 Å². The van der Waals surface area contributed by atoms with Crippen LogP contribution in [0.5, 0.6) is 17.2 Å². The van der Waals surface area contributed by atoms with E-state index in [-0.39, 0.29) is 6.42 Å². The van der Waals surface area contributed by atoms with E-state index >= 15 is 0 Å². The number of hydrogen-bond donors (Lipinski definition) is 2. The third-order valence-electron chi connectivity index (χ3n) is 3.68. The number of ether oxygens (including phenoxy) is 4. The zero-order chi connectivity index (χ0) is 20.6. The highest BCUT2D eigenvalue weighted by Gasteiger charge is 2.25. The summed E-state index contributed by atoms with van der Waals surface area (Å²) in [7, 11) is 4.66. The minimum Gasteiger partial charge on any atom is -0.493 e. The Morgan fingerprint density at radius 3 is 2.22 bits per heavy atom. The fourth-order valence-corrected chi connectivity index (χ4v) is 2.29. The van der Waals surface area contributed by atoms with Crippen LogP contribution >= 0.6 is 0 Å². The summed E-state index contributed by atoms with van der Waals surface area (Å²) in [5.74, 6) is 0.336. The second-order valence-electron chi connectivity index (χ2n) is 7.00. The third-order valence-corrected chi connectivity index (χ3v) is 3.68. The Labute approximate surface area is 160 Å². The van der Waals surface area contributed by atoms with Gasteiger partial charge in [0.25, 0.3) is 0 Å². The molecule has 1 aromatic carbocycles. The van der Waals surface area contributed by atoms with Crippen molar-refractivity contribution in [1.29, 1.82) is 0 Å². The molecule has 152 valence electrons. The Morgan fingerprint density at radius 2 is 1.70 bits per heavy atom. The van der Waals surface area contributed by atoms with Gasteiger partial charge in [-0.1, -0.05) is 0 Å². The third kappa shape index (κ3) is 7.44. The van der Waals surface area contributed by atoms with Gasteiger partial charge in [-0.05, 0) is 52.8 Å². The van der Waals surface area contributed by atoms with E-state index in [1.807, 2.05) is 0 Å². The van der Waals surface area contributed by atoms with Gasteiger partial charge in [-0.3, -0.25) is 4.79 Å². The number of rotatable bonds is 9. The Balaban J connectivity index is 2.65. The van der Waals surface area contributed by atoms with Crippen molar-refractivity contribution in [2.45, 2.75) is 51.3 Å². The summed E-state index contributed by atoms with van der Waals surface area (Å²) in [6.07, 6.45) is 0.602. The maximum Gasteiger partial charge on any atom is 0.328 e. The van der Waals surface area contributed by atoms with Crippen molar-refractivity contribution in [3.05, 3.63) is 18.2 Å². The SMILES string of the molecule is CN[C@@H](CCC(N)C(=O)OC(C)(C)C)C(=O)Oc1ccc(OC)c(OC)c1. The van der Waals surface area contributed by atoms with Crippen molar-refractivity contribution < 1.29 is 28.5 Å². The lowest BCUT2D eigenvalue weighted by Gasteiger charge is -2.23. The highest BCUT2D eigenvalue weighted by molar-refractivity contribution is 5.79. The smallest absolute Gasteiger partial charge is 0.328 e. The topological polar surface area (TPSA) is 109 Å². The van der Waals surface area contributed by atoms with Crippen LogP contribution in [0.3, 0.4) is 0 Å². The highest BCUT2D eigenvalue weighted by atomic mass is 16.6. The molecule has 0 radical (unpaired) electrons. The predicted molar refractivity (Wildman–Crippen MR) is 101 cm³/mol. The molecule has 0 saturated carbocycles. The molecule has 2 atom stereocenters. The van der Waals surface area contributed by atoms with Crippen molar-refractivity contribution in [3.8, 4) is 17.2 Å². The van der Waals surface area contributed by atoms with Gasteiger partial charge in [0.1, 0.15) is 23.4 Å². The van der Waals surface area contributed by atoms with Gasteiger partial charge in [0.05, 0.1) is 14.2 Å². The quantitative estimate of drug-likeness (QED) is 0.490. The Hall–Kier alpha value is -2.32. The van der Waals surface area contributed by atoms with E-state index in [9.17, 15) is 9.59 Å². The second-order valence-corrected chi connectivity index (χ2v) is 7.00. The van der Waals surface area contributed by atoms with Gasteiger partial charge in [0.2, 0.25) is 0 Å². The molecule has 1 unspecified atom stereocenters. The van der Waals surface area contributed by atoms with E-state index in [2.05, 4.69) is 5.32 Å². The average Bonchev–Trinajstić information content (AvgIpc) is 2.60. The molecule has 0 saturated heterocycles. The Morgan fingerprint density at radius 1 is 1.07 bits per heavy atom. The number of hydrogen-bond acceptors (Lipinski definition) is 8. The van der Waals surface area contributed by atoms with Gasteiger partial charge >= 0.3 is 11.9 Å². The minimum atomic E-state index is -0.811. The molecule has 0 spiro atoms. The summed E-state index contributed by atoms with van der Waals surface area (Å²) in [6, 6.07) is 3.39. The van der Waals surface area contributed by atoms with E-state index < -0.39 is 29.6 Å². The van der Waals surface area contributed by atoms with Gasteiger partial charge in [-0.2, -0.15) is 0 Å². The van der Waals surface area contributed by atoms with Crippen LogP contribution in [0.2, 0.25) is 0 Å². The van der Waals surface area contributed by atoms with E-state index in [0.29, 0.717) is 23.7 Å². The van der Waals surface area contributed by atoms with Crippen LogP contribution in [0.25, 0.3) is 0 Å². The average molecular weight is 382 g/mol. The number of carbonyl (C=O) groups is 2. The highest BCUT2D eigenvalue weighted by Crippen LogP contribution is 2.31. The fraction of sp³-hybridized carbons (Fsp3) is 0.579. The van der Waals surface area contributed by atoms with Crippen molar-refractivity contribution in [1.82, 2.24) is 5.32 Å². The van der Waals surface area contributed by atoms with Crippen molar-refractivity contribution >= 4 is 11.9 Å². The van der Waals surface area contributed by atoms with Gasteiger partial charge in [0.15, 0.2) is 11.5 Å². The number of nitrogens with two attached hydrogens (primary N) is 1. The molecule has 0 aromatic heterocycles. The van der Waals surface area contributed by atoms with Gasteiger partial charge < -0.3 is 30.0 Å². The molecule has 0 heterocycles. The van der Waals surface area contributed by atoms with Gasteiger partial charge in [0, 0.05) is 6.07 Å². The molecule has 8 heteroatoms. The number of methoxy groups -OCH3 is 2. The molecule has 0 amide bonds. The summed E-state index contributed by atoms with van der Waals surface area (Å²) in [5, 5.41) is 2.88. The first-order valence-corrected chi connectivity index (χ1v) is 8.70. The first kappa shape index (κ1) is 22.7. The first-order chi connectivity index (χ1) is 12.6. The summed E-state index contributed by atoms with van der Waals surface area (Å²) >= 11 is 0. The van der Waals surface area contributed by atoms with E-state index in [1.165, 1.54) is 14.2 Å². The standard InChI is InChI=1S/C19H30N2O6/c1-19(2,3)27-17(22)13(20)8-9-14(21-4)18(23)26-12-7-10-15(24-5)16(11-12)25-6/h7,10-11,13-14,21H,8-9,20H2,1-6H3/t13?,14-/m0/s1. The molecule has 1 rings (SSSR count). The molecule has 0 aliphatic rings. The summed E-state index contributed by atoms with van der Waals surface area (Å²) in [6.45, 7) is 5.32. The van der Waals surface area contributed by atoms with Crippen molar-refractivity contribution in [3.63, 3.8) is 0 Å². The molecular weight excluding hydrogens is 352 g/mol. The van der Waals surface area contributed by atoms with Gasteiger partial charge in [-0.25, -0.2) is 4.79 Å². The van der Waals surface area contributed by atoms with Crippen LogP contribution in [0, 0.1) is 0 Å². The van der Waals surface area contributed by atoms with E-state index in [0.717, 1.165) is 0 Å². The molecule has 0 aliphatic heterocycles. The largest absolute Gasteiger partial charge is 0.493 e. The monoisotopic (exact) mass is 382 g/mol. The van der Waals surface area contributed by atoms with Gasteiger partial charge in [-0.15, -0.1) is 0 Å². The number of likely N-dealkylation sites (N-methyl/N-ethyl adjacent to an activating group) is 1. The van der Waals surface area contributed by atoms with Crippen molar-refractivity contribution in [2.24, 2.45) is 5.73 Å². The molecule has 0 fully saturated rings. The summed E-state index contributed by atoms with van der Waals surface area (Å²) in [4.78, 5) is 24.3. The van der Waals surface area contributed by atoms with Crippen molar-refractivity contribution in [2.75, 3.05) is 21.3 Å². The fourth-order valence-electron chi connectivity index (χ4n) is 2.29. The zero-order valence-corrected chi connectivity index (χ0v) is 16.8. The van der Waals surface area contributed by atoms with Crippen LogP contribution in [0.15, 0.2) is 18.2 Å². The van der Waals surface area contributed by atoms with Crippen LogP contribution in [0.4, 0.5) is 0 Å². The molecule has 0 aliphatic carbocycles. The van der Waals surface area contributed by atoms with Crippen LogP contribution in [-0.2, 0) is 14.3 Å². The zero-order valence-electron chi connectivity index (χ0n) is 16.8. The summed E-state index contributed by atoms with van der Waals surface area (Å²) in [5.41, 5.74) is 5.26. The maximum atomic E-state index is 12.4. The molecule has 0 bridgehead atoms. The lowest BCUT2D eigenvalue weighted by molar-refractivity contribution is -0.156.